The van der Waals surface area contributed by atoms with E-state index in [0.29, 0.717) is 30.8 Å². The lowest BCUT2D eigenvalue weighted by Gasteiger charge is -2.34. The van der Waals surface area contributed by atoms with Gasteiger partial charge in [0.2, 0.25) is 11.6 Å². The van der Waals surface area contributed by atoms with Crippen molar-refractivity contribution in [3.63, 3.8) is 0 Å². The summed E-state index contributed by atoms with van der Waals surface area (Å²) in [5.74, 6) is 1.25. The summed E-state index contributed by atoms with van der Waals surface area (Å²) in [4.78, 5) is 15.8. The first-order chi connectivity index (χ1) is 14.5. The van der Waals surface area contributed by atoms with E-state index in [4.69, 9.17) is 11.5 Å². The normalized spacial score (nSPS) is 26.5. The molecule has 0 spiro atoms. The SMILES string of the molecule is NCC1CCC(CC2(N)N=C(Nc3ccc4ccccc4c3)NC=C2[N+](=O)[O-])CC1. The fraction of sp³-hybridized carbons (Fsp3) is 0.409. The van der Waals surface area contributed by atoms with Crippen molar-refractivity contribution in [3.8, 4) is 0 Å². The maximum absolute atomic E-state index is 11.6. The Morgan fingerprint density at radius 3 is 2.53 bits per heavy atom. The molecule has 8 nitrogen and oxygen atoms in total. The van der Waals surface area contributed by atoms with E-state index in [1.54, 1.807) is 0 Å². The summed E-state index contributed by atoms with van der Waals surface area (Å²) in [6.07, 6.45) is 5.84. The van der Waals surface area contributed by atoms with Gasteiger partial charge in [0.05, 0.1) is 11.1 Å². The number of rotatable bonds is 5. The zero-order valence-corrected chi connectivity index (χ0v) is 16.9. The van der Waals surface area contributed by atoms with Crippen LogP contribution in [0.5, 0.6) is 0 Å². The maximum Gasteiger partial charge on any atom is 0.303 e. The number of benzene rings is 2. The molecule has 1 unspecified atom stereocenters. The summed E-state index contributed by atoms with van der Waals surface area (Å²) in [6.45, 7) is 0.697. The van der Waals surface area contributed by atoms with Gasteiger partial charge in [-0.15, -0.1) is 0 Å². The first kappa shape index (κ1) is 20.3. The van der Waals surface area contributed by atoms with Crippen molar-refractivity contribution in [2.75, 3.05) is 11.9 Å². The van der Waals surface area contributed by atoms with Gasteiger partial charge in [-0.2, -0.15) is 0 Å². The van der Waals surface area contributed by atoms with Crippen molar-refractivity contribution in [2.24, 2.45) is 28.3 Å². The lowest BCUT2D eigenvalue weighted by Crippen LogP contribution is -2.51. The quantitative estimate of drug-likeness (QED) is 0.444. The lowest BCUT2D eigenvalue weighted by atomic mass is 9.77. The number of guanidine groups is 1. The number of anilines is 1. The van der Waals surface area contributed by atoms with E-state index in [9.17, 15) is 10.1 Å². The molecule has 8 heteroatoms. The van der Waals surface area contributed by atoms with Crippen LogP contribution in [0.3, 0.4) is 0 Å². The van der Waals surface area contributed by atoms with Crippen molar-refractivity contribution in [1.29, 1.82) is 0 Å². The lowest BCUT2D eigenvalue weighted by molar-refractivity contribution is -0.436. The van der Waals surface area contributed by atoms with E-state index in [1.165, 1.54) is 6.20 Å². The summed E-state index contributed by atoms with van der Waals surface area (Å²) in [5, 5.41) is 20.0. The molecule has 1 heterocycles. The highest BCUT2D eigenvalue weighted by Crippen LogP contribution is 2.36. The highest BCUT2D eigenvalue weighted by atomic mass is 16.6. The molecule has 2 aromatic rings. The van der Waals surface area contributed by atoms with Crippen molar-refractivity contribution >= 4 is 22.4 Å². The largest absolute Gasteiger partial charge is 0.330 e. The Morgan fingerprint density at radius 2 is 1.83 bits per heavy atom. The molecule has 0 aromatic heterocycles. The van der Waals surface area contributed by atoms with Gasteiger partial charge in [-0.25, -0.2) is 4.99 Å². The molecule has 4 rings (SSSR count). The van der Waals surface area contributed by atoms with E-state index in [0.717, 1.165) is 42.1 Å². The second-order valence-electron chi connectivity index (χ2n) is 8.33. The molecule has 1 fully saturated rings. The van der Waals surface area contributed by atoms with Gasteiger partial charge in [0, 0.05) is 5.69 Å². The number of aliphatic imine (C=N–C) groups is 1. The minimum absolute atomic E-state index is 0.104. The molecule has 6 N–H and O–H groups in total. The van der Waals surface area contributed by atoms with Crippen LogP contribution >= 0.6 is 0 Å². The number of fused-ring (bicyclic) bond motifs is 1. The summed E-state index contributed by atoms with van der Waals surface area (Å²) in [6, 6.07) is 14.0. The van der Waals surface area contributed by atoms with Crippen molar-refractivity contribution in [1.82, 2.24) is 5.32 Å². The number of nitrogens with two attached hydrogens (primary N) is 2. The smallest absolute Gasteiger partial charge is 0.303 e. The molecule has 0 saturated heterocycles. The first-order valence-electron chi connectivity index (χ1n) is 10.4. The summed E-state index contributed by atoms with van der Waals surface area (Å²) >= 11 is 0. The molecule has 0 amide bonds. The Kier molecular flexibility index (Phi) is 5.69. The average Bonchev–Trinajstić information content (AvgIpc) is 2.74. The third kappa shape index (κ3) is 4.29. The number of hydrogen-bond donors (Lipinski definition) is 4. The van der Waals surface area contributed by atoms with Gasteiger partial charge in [0.25, 0.3) is 0 Å². The first-order valence-corrected chi connectivity index (χ1v) is 10.4. The summed E-state index contributed by atoms with van der Waals surface area (Å²) in [7, 11) is 0. The molecule has 0 bridgehead atoms. The maximum atomic E-state index is 11.6. The van der Waals surface area contributed by atoms with E-state index >= 15 is 0 Å². The van der Waals surface area contributed by atoms with Gasteiger partial charge in [0.15, 0.2) is 0 Å². The Hall–Kier alpha value is -2.97. The molecule has 0 radical (unpaired) electrons. The monoisotopic (exact) mass is 408 g/mol. The van der Waals surface area contributed by atoms with Crippen molar-refractivity contribution < 1.29 is 4.92 Å². The Labute approximate surface area is 175 Å². The molecular weight excluding hydrogens is 380 g/mol. The van der Waals surface area contributed by atoms with Gasteiger partial charge in [0.1, 0.15) is 0 Å². The number of nitrogens with zero attached hydrogens (tertiary/aromatic N) is 2. The van der Waals surface area contributed by atoms with Gasteiger partial charge in [-0.3, -0.25) is 15.8 Å². The molecule has 30 heavy (non-hydrogen) atoms. The highest BCUT2D eigenvalue weighted by Gasteiger charge is 2.44. The minimum Gasteiger partial charge on any atom is -0.330 e. The number of nitro groups is 1. The van der Waals surface area contributed by atoms with Crippen molar-refractivity contribution in [2.45, 2.75) is 37.8 Å². The van der Waals surface area contributed by atoms with Gasteiger partial charge in [-0.1, -0.05) is 30.3 Å². The molecule has 2 aromatic carbocycles. The van der Waals surface area contributed by atoms with Crippen LogP contribution in [0.4, 0.5) is 5.69 Å². The topological polar surface area (TPSA) is 132 Å². The van der Waals surface area contributed by atoms with E-state index in [2.05, 4.69) is 15.6 Å². The van der Waals surface area contributed by atoms with Gasteiger partial charge >= 0.3 is 5.70 Å². The minimum atomic E-state index is -1.37. The third-order valence-electron chi connectivity index (χ3n) is 6.21. The van der Waals surface area contributed by atoms with Crippen LogP contribution in [0.2, 0.25) is 0 Å². The fourth-order valence-electron chi connectivity index (χ4n) is 4.49. The van der Waals surface area contributed by atoms with E-state index in [-0.39, 0.29) is 5.70 Å². The predicted octanol–water partition coefficient (Wildman–Crippen LogP) is 3.14. The number of hydrogen-bond acceptors (Lipinski definition) is 7. The van der Waals surface area contributed by atoms with Crippen molar-refractivity contribution in [3.05, 3.63) is 64.5 Å². The van der Waals surface area contributed by atoms with E-state index in [1.807, 2.05) is 42.5 Å². The molecule has 1 saturated carbocycles. The van der Waals surface area contributed by atoms with Crippen LogP contribution in [0, 0.1) is 22.0 Å². The Bertz CT molecular complexity index is 996. The summed E-state index contributed by atoms with van der Waals surface area (Å²) < 4.78 is 0. The van der Waals surface area contributed by atoms with Crippen LogP contribution < -0.4 is 22.1 Å². The third-order valence-corrected chi connectivity index (χ3v) is 6.21. The molecule has 1 aliphatic carbocycles. The molecule has 1 atom stereocenters. The summed E-state index contributed by atoms with van der Waals surface area (Å²) in [5.41, 5.74) is 11.7. The van der Waals surface area contributed by atoms with Crippen LogP contribution in [-0.2, 0) is 0 Å². The number of nitrogens with one attached hydrogen (secondary N) is 2. The zero-order chi connectivity index (χ0) is 21.1. The Balaban J connectivity index is 1.54. The molecule has 2 aliphatic rings. The molecule has 1 aliphatic heterocycles. The van der Waals surface area contributed by atoms with Gasteiger partial charge < -0.3 is 16.4 Å². The van der Waals surface area contributed by atoms with E-state index < -0.39 is 10.6 Å². The Morgan fingerprint density at radius 1 is 1.13 bits per heavy atom. The fourth-order valence-corrected chi connectivity index (χ4v) is 4.49. The van der Waals surface area contributed by atoms with Crippen LogP contribution in [-0.4, -0.2) is 23.1 Å². The van der Waals surface area contributed by atoms with Crippen LogP contribution in [0.15, 0.2) is 59.4 Å². The standard InChI is InChI=1S/C22H28N6O2/c23-13-16-7-5-15(6-8-16)12-22(24)20(28(29)30)14-25-21(27-22)26-19-10-9-17-3-1-2-4-18(17)11-19/h1-4,9-11,14-16H,5-8,12-13,23-24H2,(H2,25,26,27). The highest BCUT2D eigenvalue weighted by molar-refractivity contribution is 5.97. The zero-order valence-electron chi connectivity index (χ0n) is 16.9. The van der Waals surface area contributed by atoms with Crippen LogP contribution in [0.25, 0.3) is 10.8 Å². The van der Waals surface area contributed by atoms with Crippen LogP contribution in [0.1, 0.15) is 32.1 Å². The predicted molar refractivity (Wildman–Crippen MR) is 119 cm³/mol. The molecule has 158 valence electrons. The van der Waals surface area contributed by atoms with Gasteiger partial charge in [-0.05, 0) is 73.4 Å². The second kappa shape index (κ2) is 8.41. The second-order valence-corrected chi connectivity index (χ2v) is 8.33. The average molecular weight is 409 g/mol. The molecular formula is C22H28N6O2.